The van der Waals surface area contributed by atoms with E-state index in [0.29, 0.717) is 54.2 Å². The van der Waals surface area contributed by atoms with Gasteiger partial charge < -0.3 is 19.7 Å². The van der Waals surface area contributed by atoms with Gasteiger partial charge in [0.2, 0.25) is 18.6 Å². The van der Waals surface area contributed by atoms with E-state index in [2.05, 4.69) is 41.5 Å². The molecule has 2 aromatic carbocycles. The van der Waals surface area contributed by atoms with Crippen LogP contribution in [0.4, 0.5) is 5.69 Å². The standard InChI is InChI=1S/C26H29N5O4S/c1-17(2)18-3-6-21(7-4-18)31-15-27-29-26(31)36-14-24(32)30-11-9-19(10-12-30)25(33)28-20-5-8-22-23(13-20)35-16-34-22/h3-8,13,15,17,19H,9-12,14,16H2,1-2H3,(H,28,33). The normalized spacial score (nSPS) is 15.4. The Morgan fingerprint density at radius 1 is 1.08 bits per heavy atom. The maximum Gasteiger partial charge on any atom is 0.233 e. The third kappa shape index (κ3) is 5.33. The summed E-state index contributed by atoms with van der Waals surface area (Å²) in [6.07, 6.45) is 2.93. The topological polar surface area (TPSA) is 98.6 Å². The van der Waals surface area contributed by atoms with Gasteiger partial charge in [0.15, 0.2) is 16.7 Å². The number of benzene rings is 2. The first-order valence-corrected chi connectivity index (χ1v) is 13.1. The number of hydrogen-bond donors (Lipinski definition) is 1. The molecule has 0 aliphatic carbocycles. The highest BCUT2D eigenvalue weighted by Gasteiger charge is 2.28. The molecule has 0 spiro atoms. The minimum absolute atomic E-state index is 0.0353. The number of likely N-dealkylation sites (tertiary alicyclic amines) is 1. The van der Waals surface area contributed by atoms with Crippen LogP contribution < -0.4 is 14.8 Å². The Labute approximate surface area is 214 Å². The summed E-state index contributed by atoms with van der Waals surface area (Å²) in [7, 11) is 0. The first kappa shape index (κ1) is 24.2. The van der Waals surface area contributed by atoms with Crippen LogP contribution in [0, 0.1) is 5.92 Å². The van der Waals surface area contributed by atoms with Gasteiger partial charge in [0.25, 0.3) is 0 Å². The third-order valence-electron chi connectivity index (χ3n) is 6.54. The van der Waals surface area contributed by atoms with Crippen LogP contribution in [0.15, 0.2) is 53.9 Å². The molecule has 1 N–H and O–H groups in total. The second-order valence-electron chi connectivity index (χ2n) is 9.23. The van der Waals surface area contributed by atoms with E-state index in [1.807, 2.05) is 21.6 Å². The predicted molar refractivity (Wildman–Crippen MR) is 137 cm³/mol. The monoisotopic (exact) mass is 507 g/mol. The summed E-state index contributed by atoms with van der Waals surface area (Å²) >= 11 is 1.38. The van der Waals surface area contributed by atoms with Gasteiger partial charge in [-0.25, -0.2) is 0 Å². The second kappa shape index (κ2) is 10.6. The Morgan fingerprint density at radius 3 is 2.58 bits per heavy atom. The van der Waals surface area contributed by atoms with Crippen LogP contribution in [0.25, 0.3) is 5.69 Å². The van der Waals surface area contributed by atoms with E-state index in [4.69, 9.17) is 9.47 Å². The Morgan fingerprint density at radius 2 is 1.83 bits per heavy atom. The van der Waals surface area contributed by atoms with Crippen molar-refractivity contribution in [1.82, 2.24) is 19.7 Å². The molecule has 36 heavy (non-hydrogen) atoms. The first-order valence-electron chi connectivity index (χ1n) is 12.1. The third-order valence-corrected chi connectivity index (χ3v) is 7.47. The predicted octanol–water partition coefficient (Wildman–Crippen LogP) is 4.09. The molecule has 3 heterocycles. The van der Waals surface area contributed by atoms with E-state index >= 15 is 0 Å². The van der Waals surface area contributed by atoms with Gasteiger partial charge in [-0.2, -0.15) is 0 Å². The van der Waals surface area contributed by atoms with Crippen LogP contribution in [-0.4, -0.2) is 57.1 Å². The summed E-state index contributed by atoms with van der Waals surface area (Å²) in [6.45, 7) is 5.63. The van der Waals surface area contributed by atoms with Crippen LogP contribution in [0.1, 0.15) is 38.2 Å². The van der Waals surface area contributed by atoms with Crippen molar-refractivity contribution in [3.8, 4) is 17.2 Å². The highest BCUT2D eigenvalue weighted by atomic mass is 32.2. The van der Waals surface area contributed by atoms with E-state index in [1.54, 1.807) is 24.5 Å². The van der Waals surface area contributed by atoms with Crippen LogP contribution in [-0.2, 0) is 9.59 Å². The number of nitrogens with zero attached hydrogens (tertiary/aromatic N) is 4. The van der Waals surface area contributed by atoms with Gasteiger partial charge in [-0.1, -0.05) is 37.7 Å². The number of thioether (sulfide) groups is 1. The van der Waals surface area contributed by atoms with Crippen molar-refractivity contribution in [2.45, 2.75) is 37.8 Å². The molecule has 2 aliphatic heterocycles. The molecule has 0 bridgehead atoms. The molecule has 0 atom stereocenters. The maximum atomic E-state index is 12.9. The number of fused-ring (bicyclic) bond motifs is 1. The average molecular weight is 508 g/mol. The Kier molecular flexibility index (Phi) is 7.13. The van der Waals surface area contributed by atoms with E-state index in [0.717, 1.165) is 5.69 Å². The van der Waals surface area contributed by atoms with E-state index in [1.165, 1.54) is 17.3 Å². The van der Waals surface area contributed by atoms with Crippen molar-refractivity contribution in [2.75, 3.05) is 31.0 Å². The zero-order valence-electron chi connectivity index (χ0n) is 20.3. The number of nitrogens with one attached hydrogen (secondary N) is 1. The lowest BCUT2D eigenvalue weighted by atomic mass is 9.96. The largest absolute Gasteiger partial charge is 0.454 e. The molecular formula is C26H29N5O4S. The lowest BCUT2D eigenvalue weighted by Crippen LogP contribution is -2.42. The van der Waals surface area contributed by atoms with Crippen molar-refractivity contribution in [2.24, 2.45) is 5.92 Å². The number of carbonyl (C=O) groups excluding carboxylic acids is 2. The summed E-state index contributed by atoms with van der Waals surface area (Å²) in [4.78, 5) is 27.4. The van der Waals surface area contributed by atoms with Gasteiger partial charge in [0.1, 0.15) is 6.33 Å². The van der Waals surface area contributed by atoms with Crippen molar-refractivity contribution < 1.29 is 19.1 Å². The lowest BCUT2D eigenvalue weighted by Gasteiger charge is -2.31. The molecule has 1 aromatic heterocycles. The van der Waals surface area contributed by atoms with Crippen LogP contribution >= 0.6 is 11.8 Å². The minimum Gasteiger partial charge on any atom is -0.454 e. The number of ether oxygens (including phenoxy) is 2. The number of hydrogen-bond acceptors (Lipinski definition) is 7. The lowest BCUT2D eigenvalue weighted by molar-refractivity contribution is -0.132. The molecule has 1 fully saturated rings. The quantitative estimate of drug-likeness (QED) is 0.481. The van der Waals surface area contributed by atoms with Crippen LogP contribution in [0.2, 0.25) is 0 Å². The molecule has 5 rings (SSSR count). The molecule has 2 aliphatic rings. The zero-order chi connectivity index (χ0) is 25.1. The van der Waals surface area contributed by atoms with Gasteiger partial charge in [-0.3, -0.25) is 14.2 Å². The van der Waals surface area contributed by atoms with Crippen molar-refractivity contribution in [3.63, 3.8) is 0 Å². The van der Waals surface area contributed by atoms with Crippen molar-refractivity contribution in [1.29, 1.82) is 0 Å². The number of carbonyl (C=O) groups is 2. The van der Waals surface area contributed by atoms with Gasteiger partial charge >= 0.3 is 0 Å². The first-order chi connectivity index (χ1) is 17.5. The Balaban J connectivity index is 1.11. The Hall–Kier alpha value is -3.53. The molecule has 3 aromatic rings. The zero-order valence-corrected chi connectivity index (χ0v) is 21.2. The molecule has 0 radical (unpaired) electrons. The average Bonchev–Trinajstić information content (AvgIpc) is 3.56. The number of amides is 2. The van der Waals surface area contributed by atoms with Gasteiger partial charge in [0, 0.05) is 36.4 Å². The van der Waals surface area contributed by atoms with Crippen molar-refractivity contribution in [3.05, 3.63) is 54.4 Å². The minimum atomic E-state index is -0.135. The smallest absolute Gasteiger partial charge is 0.233 e. The fourth-order valence-corrected chi connectivity index (χ4v) is 5.18. The van der Waals surface area contributed by atoms with E-state index in [9.17, 15) is 9.59 Å². The number of piperidine rings is 1. The SMILES string of the molecule is CC(C)c1ccc(-n2cnnc2SCC(=O)N2CCC(C(=O)Nc3ccc4c(c3)OCO4)CC2)cc1. The van der Waals surface area contributed by atoms with Crippen molar-refractivity contribution >= 4 is 29.3 Å². The highest BCUT2D eigenvalue weighted by Crippen LogP contribution is 2.34. The second-order valence-corrected chi connectivity index (χ2v) is 10.2. The molecule has 2 amide bonds. The maximum absolute atomic E-state index is 12.9. The summed E-state index contributed by atoms with van der Waals surface area (Å²) in [5.41, 5.74) is 2.92. The molecule has 9 nitrogen and oxygen atoms in total. The molecular weight excluding hydrogens is 478 g/mol. The Bertz CT molecular complexity index is 1240. The van der Waals surface area contributed by atoms with Gasteiger partial charge in [-0.05, 0) is 48.6 Å². The number of aromatic nitrogens is 3. The van der Waals surface area contributed by atoms with Gasteiger partial charge in [-0.15, -0.1) is 10.2 Å². The highest BCUT2D eigenvalue weighted by molar-refractivity contribution is 7.99. The molecule has 1 saturated heterocycles. The van der Waals surface area contributed by atoms with E-state index < -0.39 is 0 Å². The number of rotatable bonds is 7. The molecule has 10 heteroatoms. The summed E-state index contributed by atoms with van der Waals surface area (Å²) < 4.78 is 12.6. The molecule has 0 saturated carbocycles. The summed E-state index contributed by atoms with van der Waals surface area (Å²) in [5, 5.41) is 11.9. The molecule has 0 unspecified atom stereocenters. The fraction of sp³-hybridized carbons (Fsp3) is 0.385. The van der Waals surface area contributed by atoms with Crippen LogP contribution in [0.5, 0.6) is 11.5 Å². The fourth-order valence-electron chi connectivity index (χ4n) is 4.35. The van der Waals surface area contributed by atoms with Gasteiger partial charge in [0.05, 0.1) is 5.75 Å². The summed E-state index contributed by atoms with van der Waals surface area (Å²) in [5.74, 6) is 1.92. The number of anilines is 1. The van der Waals surface area contributed by atoms with Crippen LogP contribution in [0.3, 0.4) is 0 Å². The summed E-state index contributed by atoms with van der Waals surface area (Å²) in [6, 6.07) is 13.7. The molecule has 188 valence electrons. The van der Waals surface area contributed by atoms with E-state index in [-0.39, 0.29) is 30.3 Å².